The first-order valence-corrected chi connectivity index (χ1v) is 7.29. The van der Waals surface area contributed by atoms with Crippen LogP contribution >= 0.6 is 0 Å². The minimum atomic E-state index is -0.0754. The fourth-order valence-corrected chi connectivity index (χ4v) is 2.27. The Bertz CT molecular complexity index is 144. The van der Waals surface area contributed by atoms with Gasteiger partial charge in [-0.1, -0.05) is 59.8 Å². The van der Waals surface area contributed by atoms with Crippen molar-refractivity contribution in [3.8, 4) is 0 Å². The molecule has 0 aromatic heterocycles. The Labute approximate surface area is 103 Å². The second-order valence-electron chi connectivity index (χ2n) is 5.51. The van der Waals surface area contributed by atoms with E-state index in [1.807, 2.05) is 0 Å². The predicted molar refractivity (Wildman–Crippen MR) is 72.6 cm³/mol. The van der Waals surface area contributed by atoms with Crippen molar-refractivity contribution in [2.24, 2.45) is 11.8 Å². The van der Waals surface area contributed by atoms with E-state index in [-0.39, 0.29) is 6.10 Å². The van der Waals surface area contributed by atoms with Crippen LogP contribution in [0.1, 0.15) is 79.1 Å². The van der Waals surface area contributed by atoms with Crippen LogP contribution in [0.4, 0.5) is 0 Å². The van der Waals surface area contributed by atoms with Crippen LogP contribution in [-0.2, 0) is 0 Å². The number of rotatable bonds is 10. The van der Waals surface area contributed by atoms with Gasteiger partial charge in [0.15, 0.2) is 0 Å². The summed E-state index contributed by atoms with van der Waals surface area (Å²) in [4.78, 5) is 0. The Morgan fingerprint density at radius 1 is 0.812 bits per heavy atom. The molecule has 0 bridgehead atoms. The van der Waals surface area contributed by atoms with Gasteiger partial charge in [-0.25, -0.2) is 0 Å². The van der Waals surface area contributed by atoms with Crippen LogP contribution in [-0.4, -0.2) is 11.2 Å². The topological polar surface area (TPSA) is 20.2 Å². The van der Waals surface area contributed by atoms with Gasteiger partial charge in [-0.05, 0) is 31.1 Å². The molecule has 1 N–H and O–H groups in total. The Morgan fingerprint density at radius 3 is 2.06 bits per heavy atom. The average Bonchev–Trinajstić information content (AvgIpc) is 2.26. The van der Waals surface area contributed by atoms with Crippen molar-refractivity contribution < 1.29 is 5.11 Å². The molecular weight excluding hydrogens is 196 g/mol. The van der Waals surface area contributed by atoms with Crippen LogP contribution in [0, 0.1) is 11.8 Å². The van der Waals surface area contributed by atoms with Gasteiger partial charge in [0, 0.05) is 0 Å². The first-order valence-electron chi connectivity index (χ1n) is 7.29. The van der Waals surface area contributed by atoms with E-state index in [9.17, 15) is 5.11 Å². The molecule has 0 rings (SSSR count). The molecule has 0 aliphatic rings. The Kier molecular flexibility index (Phi) is 10.1. The maximum atomic E-state index is 9.97. The Balaban J connectivity index is 3.53. The molecule has 0 saturated carbocycles. The number of hydrogen-bond acceptors (Lipinski definition) is 1. The number of unbranched alkanes of at least 4 members (excludes halogenated alkanes) is 2. The molecular formula is C15H32O. The van der Waals surface area contributed by atoms with E-state index in [2.05, 4.69) is 27.7 Å². The minimum Gasteiger partial charge on any atom is -0.393 e. The number of aliphatic hydroxyl groups excluding tert-OH is 1. The van der Waals surface area contributed by atoms with Crippen LogP contribution < -0.4 is 0 Å². The highest BCUT2D eigenvalue weighted by atomic mass is 16.3. The molecule has 98 valence electrons. The summed E-state index contributed by atoms with van der Waals surface area (Å²) >= 11 is 0. The molecule has 0 amide bonds. The summed E-state index contributed by atoms with van der Waals surface area (Å²) in [7, 11) is 0. The van der Waals surface area contributed by atoms with Gasteiger partial charge in [0.1, 0.15) is 0 Å². The van der Waals surface area contributed by atoms with Crippen LogP contribution in [0.5, 0.6) is 0 Å². The highest BCUT2D eigenvalue weighted by Gasteiger charge is 2.14. The van der Waals surface area contributed by atoms with E-state index in [1.54, 1.807) is 0 Å². The van der Waals surface area contributed by atoms with Gasteiger partial charge in [-0.2, -0.15) is 0 Å². The van der Waals surface area contributed by atoms with Gasteiger partial charge >= 0.3 is 0 Å². The second-order valence-corrected chi connectivity index (χ2v) is 5.51. The van der Waals surface area contributed by atoms with Crippen LogP contribution in [0.25, 0.3) is 0 Å². The molecule has 0 spiro atoms. The zero-order valence-corrected chi connectivity index (χ0v) is 11.8. The molecule has 1 heteroatoms. The van der Waals surface area contributed by atoms with E-state index >= 15 is 0 Å². The van der Waals surface area contributed by atoms with E-state index in [1.165, 1.54) is 38.5 Å². The molecule has 0 radical (unpaired) electrons. The third kappa shape index (κ3) is 8.15. The van der Waals surface area contributed by atoms with Gasteiger partial charge in [-0.3, -0.25) is 0 Å². The standard InChI is InChI=1S/C15H32O/c1-5-7-8-10-13(3)11-12-15(16)14(4)9-6-2/h13-16H,5-12H2,1-4H3. The maximum Gasteiger partial charge on any atom is 0.0565 e. The van der Waals surface area contributed by atoms with Crippen molar-refractivity contribution in [2.75, 3.05) is 0 Å². The van der Waals surface area contributed by atoms with Gasteiger partial charge in [0.25, 0.3) is 0 Å². The lowest BCUT2D eigenvalue weighted by atomic mass is 9.91. The molecule has 1 nitrogen and oxygen atoms in total. The lowest BCUT2D eigenvalue weighted by Crippen LogP contribution is -2.18. The summed E-state index contributed by atoms with van der Waals surface area (Å²) in [5, 5.41) is 9.97. The highest BCUT2D eigenvalue weighted by molar-refractivity contribution is 4.66. The van der Waals surface area contributed by atoms with Crippen molar-refractivity contribution in [1.29, 1.82) is 0 Å². The lowest BCUT2D eigenvalue weighted by molar-refractivity contribution is 0.0953. The quantitative estimate of drug-likeness (QED) is 0.533. The SMILES string of the molecule is CCCCCC(C)CCC(O)C(C)CCC. The van der Waals surface area contributed by atoms with Crippen LogP contribution in [0.15, 0.2) is 0 Å². The molecule has 3 unspecified atom stereocenters. The number of hydrogen-bond donors (Lipinski definition) is 1. The molecule has 16 heavy (non-hydrogen) atoms. The van der Waals surface area contributed by atoms with Crippen molar-refractivity contribution in [3.05, 3.63) is 0 Å². The molecule has 0 saturated heterocycles. The first kappa shape index (κ1) is 16.0. The molecule has 0 fully saturated rings. The van der Waals surface area contributed by atoms with E-state index in [0.717, 1.165) is 18.8 Å². The lowest BCUT2D eigenvalue weighted by Gasteiger charge is -2.20. The normalized spacial score (nSPS) is 17.1. The third-order valence-electron chi connectivity index (χ3n) is 3.66. The third-order valence-corrected chi connectivity index (χ3v) is 3.66. The molecule has 3 atom stereocenters. The summed E-state index contributed by atoms with van der Waals surface area (Å²) < 4.78 is 0. The number of aliphatic hydroxyl groups is 1. The Morgan fingerprint density at radius 2 is 1.50 bits per heavy atom. The highest BCUT2D eigenvalue weighted by Crippen LogP contribution is 2.20. The van der Waals surface area contributed by atoms with Crippen molar-refractivity contribution in [1.82, 2.24) is 0 Å². The predicted octanol–water partition coefficient (Wildman–Crippen LogP) is 4.78. The van der Waals surface area contributed by atoms with E-state index < -0.39 is 0 Å². The smallest absolute Gasteiger partial charge is 0.0565 e. The van der Waals surface area contributed by atoms with Gasteiger partial charge in [0.05, 0.1) is 6.10 Å². The van der Waals surface area contributed by atoms with Crippen molar-refractivity contribution >= 4 is 0 Å². The molecule has 0 aromatic rings. The second kappa shape index (κ2) is 10.1. The zero-order chi connectivity index (χ0) is 12.4. The molecule has 0 aromatic carbocycles. The fourth-order valence-electron chi connectivity index (χ4n) is 2.27. The first-order chi connectivity index (χ1) is 7.61. The summed E-state index contributed by atoms with van der Waals surface area (Å²) in [6, 6.07) is 0. The van der Waals surface area contributed by atoms with Gasteiger partial charge in [-0.15, -0.1) is 0 Å². The molecule has 0 aliphatic carbocycles. The van der Waals surface area contributed by atoms with Crippen molar-refractivity contribution in [3.63, 3.8) is 0 Å². The summed E-state index contributed by atoms with van der Waals surface area (Å²) in [5.74, 6) is 1.27. The van der Waals surface area contributed by atoms with Crippen LogP contribution in [0.3, 0.4) is 0 Å². The average molecular weight is 228 g/mol. The largest absolute Gasteiger partial charge is 0.393 e. The maximum absolute atomic E-state index is 9.97. The molecule has 0 aliphatic heterocycles. The Hall–Kier alpha value is -0.0400. The summed E-state index contributed by atoms with van der Waals surface area (Å²) in [5.41, 5.74) is 0. The van der Waals surface area contributed by atoms with E-state index in [4.69, 9.17) is 0 Å². The van der Waals surface area contributed by atoms with Crippen LogP contribution in [0.2, 0.25) is 0 Å². The monoisotopic (exact) mass is 228 g/mol. The summed E-state index contributed by atoms with van der Waals surface area (Å²) in [6.07, 6.45) is 9.82. The van der Waals surface area contributed by atoms with Crippen molar-refractivity contribution in [2.45, 2.75) is 85.2 Å². The van der Waals surface area contributed by atoms with Gasteiger partial charge in [0.2, 0.25) is 0 Å². The van der Waals surface area contributed by atoms with Gasteiger partial charge < -0.3 is 5.11 Å². The zero-order valence-electron chi connectivity index (χ0n) is 11.8. The summed E-state index contributed by atoms with van der Waals surface area (Å²) in [6.45, 7) is 8.94. The van der Waals surface area contributed by atoms with E-state index in [0.29, 0.717) is 5.92 Å². The fraction of sp³-hybridized carbons (Fsp3) is 1.00. The minimum absolute atomic E-state index is 0.0754. The molecule has 0 heterocycles.